The van der Waals surface area contributed by atoms with E-state index in [0.29, 0.717) is 0 Å². The fraction of sp³-hybridized carbons (Fsp3) is 0.250. The molecule has 1 aromatic carbocycles. The molecule has 0 unspecified atom stereocenters. The van der Waals surface area contributed by atoms with E-state index in [2.05, 4.69) is 38.1 Å². The summed E-state index contributed by atoms with van der Waals surface area (Å²) in [6, 6.07) is 8.36. The maximum Gasteiger partial charge on any atom is 0 e. The Balaban J connectivity index is 0.000000640. The SMILES string of the molecule is Cc1ccccc1C.[Ag]. The zero-order valence-electron chi connectivity index (χ0n) is 5.61. The van der Waals surface area contributed by atoms with Crippen LogP contribution in [0.2, 0.25) is 0 Å². The van der Waals surface area contributed by atoms with Crippen molar-refractivity contribution in [1.82, 2.24) is 0 Å². The Morgan fingerprint density at radius 2 is 1.22 bits per heavy atom. The van der Waals surface area contributed by atoms with Gasteiger partial charge in [-0.3, -0.25) is 0 Å². The quantitative estimate of drug-likeness (QED) is 0.581. The van der Waals surface area contributed by atoms with Crippen molar-refractivity contribution in [2.24, 2.45) is 0 Å². The summed E-state index contributed by atoms with van der Waals surface area (Å²) in [5, 5.41) is 0. The van der Waals surface area contributed by atoms with Crippen LogP contribution >= 0.6 is 0 Å². The van der Waals surface area contributed by atoms with Gasteiger partial charge in [0.2, 0.25) is 0 Å². The van der Waals surface area contributed by atoms with Crippen LogP contribution in [0, 0.1) is 13.8 Å². The summed E-state index contributed by atoms with van der Waals surface area (Å²) in [7, 11) is 0. The molecule has 53 valence electrons. The summed E-state index contributed by atoms with van der Waals surface area (Å²) in [5.74, 6) is 0. The smallest absolute Gasteiger partial charge is 0 e. The molecular formula is C8H10Ag. The van der Waals surface area contributed by atoms with E-state index in [1.165, 1.54) is 11.1 Å². The van der Waals surface area contributed by atoms with Crippen molar-refractivity contribution in [1.29, 1.82) is 0 Å². The van der Waals surface area contributed by atoms with Crippen LogP contribution in [0.3, 0.4) is 0 Å². The third-order valence-corrected chi connectivity index (χ3v) is 1.43. The molecule has 0 saturated heterocycles. The second-order valence-electron chi connectivity index (χ2n) is 2.08. The first kappa shape index (κ1) is 8.96. The minimum atomic E-state index is 0. The van der Waals surface area contributed by atoms with Crippen LogP contribution in [0.5, 0.6) is 0 Å². The molecule has 0 heterocycles. The summed E-state index contributed by atoms with van der Waals surface area (Å²) in [5.41, 5.74) is 2.74. The zero-order valence-corrected chi connectivity index (χ0v) is 7.09. The molecule has 1 radical (unpaired) electrons. The Hall–Kier alpha value is -0.0397. The van der Waals surface area contributed by atoms with E-state index in [4.69, 9.17) is 0 Å². The molecule has 0 bridgehead atoms. The molecule has 0 N–H and O–H groups in total. The third-order valence-electron chi connectivity index (χ3n) is 1.43. The summed E-state index contributed by atoms with van der Waals surface area (Å²) in [6.07, 6.45) is 0. The van der Waals surface area contributed by atoms with Crippen LogP contribution < -0.4 is 0 Å². The molecule has 0 aromatic heterocycles. The predicted octanol–water partition coefficient (Wildman–Crippen LogP) is 2.30. The topological polar surface area (TPSA) is 0 Å². The summed E-state index contributed by atoms with van der Waals surface area (Å²) < 4.78 is 0. The number of benzene rings is 1. The van der Waals surface area contributed by atoms with Gasteiger partial charge < -0.3 is 0 Å². The normalized spacial score (nSPS) is 8.22. The average Bonchev–Trinajstić information content (AvgIpc) is 1.77. The number of hydrogen-bond acceptors (Lipinski definition) is 0. The summed E-state index contributed by atoms with van der Waals surface area (Å²) in [6.45, 7) is 4.24. The van der Waals surface area contributed by atoms with Crippen LogP contribution in [-0.2, 0) is 22.4 Å². The first-order valence-corrected chi connectivity index (χ1v) is 2.83. The van der Waals surface area contributed by atoms with Gasteiger partial charge in [0.25, 0.3) is 0 Å². The molecule has 0 nitrogen and oxygen atoms in total. The van der Waals surface area contributed by atoms with E-state index in [1.807, 2.05) is 0 Å². The number of rotatable bonds is 0. The second kappa shape index (κ2) is 3.89. The van der Waals surface area contributed by atoms with Gasteiger partial charge in [-0.15, -0.1) is 0 Å². The van der Waals surface area contributed by atoms with E-state index in [1.54, 1.807) is 0 Å². The van der Waals surface area contributed by atoms with Gasteiger partial charge in [0, 0.05) is 22.4 Å². The molecule has 0 spiro atoms. The molecule has 9 heavy (non-hydrogen) atoms. The largest absolute Gasteiger partial charge is 0.0620 e. The monoisotopic (exact) mass is 213 g/mol. The van der Waals surface area contributed by atoms with E-state index in [-0.39, 0.29) is 22.4 Å². The number of aryl methyl sites for hydroxylation is 2. The molecule has 0 atom stereocenters. The van der Waals surface area contributed by atoms with Crippen LogP contribution in [0.15, 0.2) is 24.3 Å². The van der Waals surface area contributed by atoms with Crippen molar-refractivity contribution >= 4 is 0 Å². The van der Waals surface area contributed by atoms with E-state index < -0.39 is 0 Å². The van der Waals surface area contributed by atoms with Crippen LogP contribution in [0.25, 0.3) is 0 Å². The van der Waals surface area contributed by atoms with Crippen LogP contribution in [-0.4, -0.2) is 0 Å². The van der Waals surface area contributed by atoms with Gasteiger partial charge in [0.05, 0.1) is 0 Å². The fourth-order valence-corrected chi connectivity index (χ4v) is 0.663. The Kier molecular flexibility index (Phi) is 3.87. The minimum Gasteiger partial charge on any atom is -0.0620 e. The first-order chi connectivity index (χ1) is 3.80. The number of hydrogen-bond donors (Lipinski definition) is 0. The molecule has 1 rings (SSSR count). The Morgan fingerprint density at radius 1 is 0.889 bits per heavy atom. The van der Waals surface area contributed by atoms with Crippen LogP contribution in [0.1, 0.15) is 11.1 Å². The van der Waals surface area contributed by atoms with E-state index in [0.717, 1.165) is 0 Å². The first-order valence-electron chi connectivity index (χ1n) is 2.83. The van der Waals surface area contributed by atoms with Gasteiger partial charge in [0.15, 0.2) is 0 Å². The molecule has 1 heteroatoms. The van der Waals surface area contributed by atoms with Crippen molar-refractivity contribution in [3.8, 4) is 0 Å². The summed E-state index contributed by atoms with van der Waals surface area (Å²) >= 11 is 0. The van der Waals surface area contributed by atoms with Gasteiger partial charge in [-0.2, -0.15) is 0 Å². The van der Waals surface area contributed by atoms with Gasteiger partial charge in [-0.05, 0) is 25.0 Å². The van der Waals surface area contributed by atoms with E-state index in [9.17, 15) is 0 Å². The Labute approximate surface area is 71.8 Å². The fourth-order valence-electron chi connectivity index (χ4n) is 0.663. The van der Waals surface area contributed by atoms with Gasteiger partial charge >= 0.3 is 0 Å². The van der Waals surface area contributed by atoms with Gasteiger partial charge in [0.1, 0.15) is 0 Å². The molecule has 0 fully saturated rings. The van der Waals surface area contributed by atoms with Crippen molar-refractivity contribution in [3.63, 3.8) is 0 Å². The predicted molar refractivity (Wildman–Crippen MR) is 35.9 cm³/mol. The maximum atomic E-state index is 2.12. The standard InChI is InChI=1S/C8H10.Ag/c1-7-5-3-4-6-8(7)2;/h3-6H,1-2H3;. The Bertz CT molecular complexity index is 161. The Morgan fingerprint density at radius 3 is 1.44 bits per heavy atom. The van der Waals surface area contributed by atoms with Crippen LogP contribution in [0.4, 0.5) is 0 Å². The van der Waals surface area contributed by atoms with E-state index >= 15 is 0 Å². The molecule has 0 amide bonds. The third kappa shape index (κ3) is 2.35. The van der Waals surface area contributed by atoms with Gasteiger partial charge in [-0.1, -0.05) is 24.3 Å². The second-order valence-corrected chi connectivity index (χ2v) is 2.08. The zero-order chi connectivity index (χ0) is 5.98. The molecule has 0 aliphatic rings. The average molecular weight is 214 g/mol. The van der Waals surface area contributed by atoms with Gasteiger partial charge in [-0.25, -0.2) is 0 Å². The van der Waals surface area contributed by atoms with Crippen molar-refractivity contribution < 1.29 is 22.4 Å². The van der Waals surface area contributed by atoms with Crippen molar-refractivity contribution in [2.75, 3.05) is 0 Å². The molecule has 0 aliphatic heterocycles. The molecular weight excluding hydrogens is 204 g/mol. The molecule has 1 aromatic rings. The van der Waals surface area contributed by atoms with Crippen molar-refractivity contribution in [3.05, 3.63) is 35.4 Å². The minimum absolute atomic E-state index is 0. The maximum absolute atomic E-state index is 2.12. The van der Waals surface area contributed by atoms with Crippen molar-refractivity contribution in [2.45, 2.75) is 13.8 Å². The molecule has 0 saturated carbocycles. The summed E-state index contributed by atoms with van der Waals surface area (Å²) in [4.78, 5) is 0. The molecule has 0 aliphatic carbocycles.